The van der Waals surface area contributed by atoms with E-state index in [9.17, 15) is 18.0 Å². The van der Waals surface area contributed by atoms with E-state index in [1.165, 1.54) is 42.5 Å². The zero-order valence-corrected chi connectivity index (χ0v) is 9.74. The number of primary amides is 1. The fourth-order valence-electron chi connectivity index (χ4n) is 1.82. The summed E-state index contributed by atoms with van der Waals surface area (Å²) >= 11 is 0. The Labute approximate surface area is 107 Å². The lowest BCUT2D eigenvalue weighted by Crippen LogP contribution is -2.11. The maximum atomic E-state index is 12.9. The monoisotopic (exact) mass is 265 g/mol. The molecule has 2 nitrogen and oxygen atoms in total. The van der Waals surface area contributed by atoms with Gasteiger partial charge in [-0.15, -0.1) is 0 Å². The van der Waals surface area contributed by atoms with Crippen molar-refractivity contribution in [2.45, 2.75) is 6.18 Å². The molecule has 19 heavy (non-hydrogen) atoms. The summed E-state index contributed by atoms with van der Waals surface area (Å²) in [6, 6.07) is 11.0. The van der Waals surface area contributed by atoms with Gasteiger partial charge in [0, 0.05) is 5.56 Å². The molecule has 1 amide bonds. The smallest absolute Gasteiger partial charge is 0.366 e. The second-order valence-electron chi connectivity index (χ2n) is 3.99. The number of hydrogen-bond acceptors (Lipinski definition) is 1. The summed E-state index contributed by atoms with van der Waals surface area (Å²) in [6.45, 7) is 0. The third-order valence-corrected chi connectivity index (χ3v) is 2.69. The predicted octanol–water partition coefficient (Wildman–Crippen LogP) is 3.47. The minimum atomic E-state index is -4.45. The summed E-state index contributed by atoms with van der Waals surface area (Å²) in [5.41, 5.74) is 4.90. The van der Waals surface area contributed by atoms with Crippen LogP contribution in [0.15, 0.2) is 48.5 Å². The third-order valence-electron chi connectivity index (χ3n) is 2.69. The van der Waals surface area contributed by atoms with Crippen LogP contribution in [0.25, 0.3) is 11.1 Å². The molecule has 0 aliphatic heterocycles. The van der Waals surface area contributed by atoms with E-state index in [0.717, 1.165) is 6.07 Å². The molecule has 0 aliphatic rings. The van der Waals surface area contributed by atoms with Gasteiger partial charge in [0.2, 0.25) is 5.91 Å². The van der Waals surface area contributed by atoms with Crippen molar-refractivity contribution in [2.24, 2.45) is 5.73 Å². The Morgan fingerprint density at radius 3 is 2.32 bits per heavy atom. The molecule has 0 atom stereocenters. The van der Waals surface area contributed by atoms with Crippen molar-refractivity contribution < 1.29 is 18.0 Å². The summed E-state index contributed by atoms with van der Waals surface area (Å²) in [7, 11) is 0. The molecular weight excluding hydrogens is 255 g/mol. The highest BCUT2D eigenvalue weighted by molar-refractivity contribution is 5.94. The van der Waals surface area contributed by atoms with Crippen LogP contribution in [0.4, 0.5) is 13.2 Å². The number of carbonyl (C=O) groups excluding carboxylic acids is 1. The molecule has 0 unspecified atom stereocenters. The van der Waals surface area contributed by atoms with Gasteiger partial charge in [-0.25, -0.2) is 0 Å². The zero-order valence-electron chi connectivity index (χ0n) is 9.74. The maximum Gasteiger partial charge on any atom is 0.417 e. The number of alkyl halides is 3. The van der Waals surface area contributed by atoms with Crippen LogP contribution in [0.1, 0.15) is 15.9 Å². The van der Waals surface area contributed by atoms with Gasteiger partial charge >= 0.3 is 6.18 Å². The van der Waals surface area contributed by atoms with Crippen molar-refractivity contribution in [3.8, 4) is 11.1 Å². The number of nitrogens with two attached hydrogens (primary N) is 1. The summed E-state index contributed by atoms with van der Waals surface area (Å²) in [5, 5.41) is 0. The lowest BCUT2D eigenvalue weighted by Gasteiger charge is -2.13. The fraction of sp³-hybridized carbons (Fsp3) is 0.0714. The Morgan fingerprint density at radius 2 is 1.68 bits per heavy atom. The first kappa shape index (κ1) is 13.1. The molecule has 2 rings (SSSR count). The summed E-state index contributed by atoms with van der Waals surface area (Å²) in [4.78, 5) is 11.1. The Bertz CT molecular complexity index is 620. The van der Waals surface area contributed by atoms with E-state index < -0.39 is 17.6 Å². The first-order chi connectivity index (χ1) is 8.89. The molecular formula is C14H10F3NO. The average Bonchev–Trinajstić information content (AvgIpc) is 2.38. The largest absolute Gasteiger partial charge is 0.417 e. The van der Waals surface area contributed by atoms with Gasteiger partial charge in [0.05, 0.1) is 5.56 Å². The Kier molecular flexibility index (Phi) is 3.29. The van der Waals surface area contributed by atoms with Crippen LogP contribution in [0, 0.1) is 0 Å². The van der Waals surface area contributed by atoms with E-state index >= 15 is 0 Å². The topological polar surface area (TPSA) is 43.1 Å². The van der Waals surface area contributed by atoms with Crippen molar-refractivity contribution in [1.29, 1.82) is 0 Å². The van der Waals surface area contributed by atoms with E-state index in [-0.39, 0.29) is 11.1 Å². The number of halogens is 3. The van der Waals surface area contributed by atoms with Crippen molar-refractivity contribution in [1.82, 2.24) is 0 Å². The molecule has 0 fully saturated rings. The number of rotatable bonds is 2. The summed E-state index contributed by atoms with van der Waals surface area (Å²) in [6.07, 6.45) is -4.45. The highest BCUT2D eigenvalue weighted by Gasteiger charge is 2.33. The second kappa shape index (κ2) is 4.76. The van der Waals surface area contributed by atoms with Gasteiger partial charge in [0.15, 0.2) is 0 Å². The molecule has 0 radical (unpaired) electrons. The van der Waals surface area contributed by atoms with Crippen LogP contribution in [-0.2, 0) is 6.18 Å². The molecule has 0 saturated carbocycles. The highest BCUT2D eigenvalue weighted by Crippen LogP contribution is 2.36. The van der Waals surface area contributed by atoms with Crippen molar-refractivity contribution in [3.05, 3.63) is 59.7 Å². The van der Waals surface area contributed by atoms with Crippen LogP contribution in [0.5, 0.6) is 0 Å². The summed E-state index contributed by atoms with van der Waals surface area (Å²) < 4.78 is 38.7. The molecule has 98 valence electrons. The fourth-order valence-corrected chi connectivity index (χ4v) is 1.82. The molecule has 5 heteroatoms. The lowest BCUT2D eigenvalue weighted by atomic mass is 9.97. The van der Waals surface area contributed by atoms with Gasteiger partial charge in [-0.3, -0.25) is 4.79 Å². The normalized spacial score (nSPS) is 11.3. The molecule has 0 heterocycles. The van der Waals surface area contributed by atoms with E-state index in [1.54, 1.807) is 0 Å². The number of benzene rings is 2. The Morgan fingerprint density at radius 1 is 1.00 bits per heavy atom. The number of carbonyl (C=O) groups is 1. The van der Waals surface area contributed by atoms with Gasteiger partial charge in [-0.1, -0.05) is 30.3 Å². The van der Waals surface area contributed by atoms with Gasteiger partial charge in [0.25, 0.3) is 0 Å². The Hall–Kier alpha value is -2.30. The first-order valence-corrected chi connectivity index (χ1v) is 5.46. The maximum absolute atomic E-state index is 12.9. The average molecular weight is 265 g/mol. The minimum Gasteiger partial charge on any atom is -0.366 e. The lowest BCUT2D eigenvalue weighted by molar-refractivity contribution is -0.137. The molecule has 0 bridgehead atoms. The van der Waals surface area contributed by atoms with Crippen molar-refractivity contribution >= 4 is 5.91 Å². The molecule has 2 N–H and O–H groups in total. The van der Waals surface area contributed by atoms with E-state index in [4.69, 9.17) is 5.73 Å². The number of hydrogen-bond donors (Lipinski definition) is 1. The van der Waals surface area contributed by atoms with Gasteiger partial charge in [-0.2, -0.15) is 13.2 Å². The minimum absolute atomic E-state index is 0.0260. The van der Waals surface area contributed by atoms with Gasteiger partial charge in [-0.05, 0) is 29.3 Å². The SMILES string of the molecule is NC(=O)c1cccc(-c2ccccc2C(F)(F)F)c1. The molecule has 0 spiro atoms. The second-order valence-corrected chi connectivity index (χ2v) is 3.99. The molecule has 2 aromatic rings. The zero-order chi connectivity index (χ0) is 14.0. The van der Waals surface area contributed by atoms with Crippen LogP contribution >= 0.6 is 0 Å². The molecule has 0 saturated heterocycles. The van der Waals surface area contributed by atoms with Crippen LogP contribution < -0.4 is 5.73 Å². The van der Waals surface area contributed by atoms with Crippen LogP contribution in [-0.4, -0.2) is 5.91 Å². The van der Waals surface area contributed by atoms with E-state index in [1.807, 2.05) is 0 Å². The van der Waals surface area contributed by atoms with Crippen LogP contribution in [0.3, 0.4) is 0 Å². The van der Waals surface area contributed by atoms with Gasteiger partial charge in [0.1, 0.15) is 0 Å². The van der Waals surface area contributed by atoms with Crippen molar-refractivity contribution in [3.63, 3.8) is 0 Å². The first-order valence-electron chi connectivity index (χ1n) is 5.46. The highest BCUT2D eigenvalue weighted by atomic mass is 19.4. The van der Waals surface area contributed by atoms with E-state index in [0.29, 0.717) is 5.56 Å². The van der Waals surface area contributed by atoms with Crippen LogP contribution in [0.2, 0.25) is 0 Å². The van der Waals surface area contributed by atoms with Gasteiger partial charge < -0.3 is 5.73 Å². The molecule has 2 aromatic carbocycles. The van der Waals surface area contributed by atoms with E-state index in [2.05, 4.69) is 0 Å². The summed E-state index contributed by atoms with van der Waals surface area (Å²) in [5.74, 6) is -0.675. The standard InChI is InChI=1S/C14H10F3NO/c15-14(16,17)12-7-2-1-6-11(12)9-4-3-5-10(8-9)13(18)19/h1-8H,(H2,18,19). The molecule has 0 aromatic heterocycles. The third kappa shape index (κ3) is 2.76. The number of amides is 1. The van der Waals surface area contributed by atoms with Crippen molar-refractivity contribution in [2.75, 3.05) is 0 Å². The molecule has 0 aliphatic carbocycles. The quantitative estimate of drug-likeness (QED) is 0.887. The predicted molar refractivity (Wildman–Crippen MR) is 65.4 cm³/mol. The Balaban J connectivity index is 2.60.